The fourth-order valence-corrected chi connectivity index (χ4v) is 2.95. The van der Waals surface area contributed by atoms with Gasteiger partial charge >= 0.3 is 0 Å². The minimum absolute atomic E-state index is 0.114. The number of aliphatic hydroxyl groups is 1. The molecule has 2 aromatic rings. The highest BCUT2D eigenvalue weighted by molar-refractivity contribution is 7.27. The topological polar surface area (TPSA) is 59.4 Å². The van der Waals surface area contributed by atoms with Gasteiger partial charge < -0.3 is 9.84 Å². The molecule has 0 radical (unpaired) electrons. The van der Waals surface area contributed by atoms with Crippen LogP contribution in [0.25, 0.3) is 11.1 Å². The second-order valence-corrected chi connectivity index (χ2v) is 6.26. The third-order valence-electron chi connectivity index (χ3n) is 3.93. The number of aliphatic hydroxyl groups excluding tert-OH is 1. The number of fused-ring (bicyclic) bond motifs is 1. The van der Waals surface area contributed by atoms with Crippen LogP contribution in [0.2, 0.25) is 0 Å². The van der Waals surface area contributed by atoms with Gasteiger partial charge in [0, 0.05) is 18.1 Å². The summed E-state index contributed by atoms with van der Waals surface area (Å²) >= 11 is 0. The molecule has 6 heteroatoms. The minimum atomic E-state index is -0.357. The highest BCUT2D eigenvalue weighted by Crippen LogP contribution is 2.36. The molecule has 0 amide bonds. The van der Waals surface area contributed by atoms with Crippen LogP contribution in [0.4, 0.5) is 4.39 Å². The summed E-state index contributed by atoms with van der Waals surface area (Å²) < 4.78 is 20.0. The molecule has 0 spiro atoms. The zero-order chi connectivity index (χ0) is 16.6. The van der Waals surface area contributed by atoms with Crippen molar-refractivity contribution in [3.8, 4) is 17.0 Å². The summed E-state index contributed by atoms with van der Waals surface area (Å²) in [4.78, 5) is 16.0. The maximum Gasteiger partial charge on any atom is 0.218 e. The van der Waals surface area contributed by atoms with Crippen LogP contribution >= 0.6 is 9.24 Å². The Bertz CT molecular complexity index is 779. The van der Waals surface area contributed by atoms with E-state index in [0.717, 1.165) is 10.9 Å². The predicted octanol–water partition coefficient (Wildman–Crippen LogP) is 2.28. The van der Waals surface area contributed by atoms with E-state index in [2.05, 4.69) is 14.2 Å². The van der Waals surface area contributed by atoms with Gasteiger partial charge in [-0.25, -0.2) is 9.37 Å². The normalized spacial score (nSPS) is 16.6. The summed E-state index contributed by atoms with van der Waals surface area (Å²) in [5, 5.41) is 10.0. The van der Waals surface area contributed by atoms with E-state index >= 15 is 0 Å². The average Bonchev–Trinajstić information content (AvgIpc) is 2.53. The van der Waals surface area contributed by atoms with Crippen molar-refractivity contribution in [3.05, 3.63) is 41.3 Å². The number of ether oxygens (including phenoxy) is 1. The molecule has 1 aromatic carbocycles. The summed E-state index contributed by atoms with van der Waals surface area (Å²) in [6.45, 7) is 1.30. The van der Waals surface area contributed by atoms with E-state index in [4.69, 9.17) is 4.74 Å². The van der Waals surface area contributed by atoms with Gasteiger partial charge in [0.05, 0.1) is 6.61 Å². The number of aromatic nitrogens is 1. The summed E-state index contributed by atoms with van der Waals surface area (Å²) in [7, 11) is 2.45. The highest BCUT2D eigenvalue weighted by atomic mass is 31.0. The van der Waals surface area contributed by atoms with Gasteiger partial charge in [-0.1, -0.05) is 12.1 Å². The lowest BCUT2D eigenvalue weighted by atomic mass is 9.94. The fraction of sp³-hybridized carbons (Fsp3) is 0.294. The third-order valence-corrected chi connectivity index (χ3v) is 4.29. The molecule has 0 aliphatic carbocycles. The van der Waals surface area contributed by atoms with E-state index in [9.17, 15) is 14.3 Å². The lowest BCUT2D eigenvalue weighted by molar-refractivity contribution is 0.0915. The van der Waals surface area contributed by atoms with Crippen LogP contribution in [0.1, 0.15) is 29.4 Å². The summed E-state index contributed by atoms with van der Waals surface area (Å²) in [5.41, 5.74) is 2.05. The second kappa shape index (κ2) is 6.34. The number of halogens is 1. The summed E-state index contributed by atoms with van der Waals surface area (Å²) in [5.74, 6) is -0.260. The Hall–Kier alpha value is -1.84. The molecule has 2 atom stereocenters. The maximum absolute atomic E-state index is 14.4. The first-order valence-corrected chi connectivity index (χ1v) is 7.95. The molecule has 0 saturated heterocycles. The van der Waals surface area contributed by atoms with E-state index < -0.39 is 0 Å². The number of carbonyl (C=O) groups is 1. The Morgan fingerprint density at radius 2 is 2.22 bits per heavy atom. The van der Waals surface area contributed by atoms with Crippen LogP contribution < -0.4 is 10.0 Å². The van der Waals surface area contributed by atoms with E-state index in [0.29, 0.717) is 29.8 Å². The Morgan fingerprint density at radius 1 is 1.43 bits per heavy atom. The molecule has 3 rings (SSSR count). The number of rotatable bonds is 3. The molecule has 23 heavy (non-hydrogen) atoms. The van der Waals surface area contributed by atoms with E-state index in [1.807, 2.05) is 0 Å². The lowest BCUT2D eigenvalue weighted by Gasteiger charge is -2.26. The minimum Gasteiger partial charge on any atom is -0.472 e. The Kier molecular flexibility index (Phi) is 4.42. The standard InChI is InChI=1S/C17H17FNO3P/c1-9(21)16-7-14(12-5-3-11(23)6-15(12)18)13-4-2-10(8-20)22-17(13)19-16/h3,5-7,10,20H,2,4,8,23H2,1H3. The van der Waals surface area contributed by atoms with Crippen molar-refractivity contribution in [3.63, 3.8) is 0 Å². The molecule has 1 N–H and O–H groups in total. The van der Waals surface area contributed by atoms with Crippen molar-refractivity contribution in [2.45, 2.75) is 25.9 Å². The van der Waals surface area contributed by atoms with E-state index in [1.165, 1.54) is 13.0 Å². The zero-order valence-corrected chi connectivity index (χ0v) is 13.8. The second-order valence-electron chi connectivity index (χ2n) is 5.60. The van der Waals surface area contributed by atoms with Gasteiger partial charge in [0.2, 0.25) is 5.88 Å². The quantitative estimate of drug-likeness (QED) is 0.691. The van der Waals surface area contributed by atoms with Crippen molar-refractivity contribution in [2.75, 3.05) is 6.61 Å². The highest BCUT2D eigenvalue weighted by Gasteiger charge is 2.26. The van der Waals surface area contributed by atoms with Crippen LogP contribution in [-0.4, -0.2) is 28.6 Å². The Labute approximate surface area is 135 Å². The molecular formula is C17H17FNO3P. The van der Waals surface area contributed by atoms with Gasteiger partial charge in [-0.3, -0.25) is 4.79 Å². The number of Topliss-reactive ketones (excluding diaryl/α,β-unsaturated/α-hetero) is 1. The molecule has 120 valence electrons. The first-order chi connectivity index (χ1) is 11.0. The molecule has 0 bridgehead atoms. The number of hydrogen-bond donors (Lipinski definition) is 1. The number of hydrogen-bond acceptors (Lipinski definition) is 4. The van der Waals surface area contributed by atoms with Gasteiger partial charge in [-0.05, 0) is 35.8 Å². The molecule has 2 unspecified atom stereocenters. The summed E-state index contributed by atoms with van der Waals surface area (Å²) in [6.07, 6.45) is 0.897. The smallest absolute Gasteiger partial charge is 0.218 e. The summed E-state index contributed by atoms with van der Waals surface area (Å²) in [6, 6.07) is 6.53. The van der Waals surface area contributed by atoms with Crippen LogP contribution in [-0.2, 0) is 6.42 Å². The van der Waals surface area contributed by atoms with Crippen LogP contribution in [0.3, 0.4) is 0 Å². The van der Waals surface area contributed by atoms with Crippen molar-refractivity contribution < 1.29 is 19.0 Å². The van der Waals surface area contributed by atoms with Gasteiger partial charge in [0.1, 0.15) is 17.6 Å². The average molecular weight is 333 g/mol. The first-order valence-electron chi connectivity index (χ1n) is 7.37. The third kappa shape index (κ3) is 3.12. The Balaban J connectivity index is 2.19. The lowest BCUT2D eigenvalue weighted by Crippen LogP contribution is -2.27. The molecule has 1 aliphatic rings. The predicted molar refractivity (Wildman–Crippen MR) is 88.8 cm³/mol. The van der Waals surface area contributed by atoms with Crippen molar-refractivity contribution in [1.82, 2.24) is 4.98 Å². The molecular weight excluding hydrogens is 316 g/mol. The molecule has 1 aromatic heterocycles. The zero-order valence-electron chi connectivity index (χ0n) is 12.7. The van der Waals surface area contributed by atoms with E-state index in [1.54, 1.807) is 18.2 Å². The van der Waals surface area contributed by atoms with Crippen LogP contribution in [0, 0.1) is 5.82 Å². The SMILES string of the molecule is CC(=O)c1cc(-c2ccc(P)cc2F)c2c(n1)OC(CO)CC2. The monoisotopic (exact) mass is 333 g/mol. The number of nitrogens with zero attached hydrogens (tertiary/aromatic N) is 1. The molecule has 4 nitrogen and oxygen atoms in total. The van der Waals surface area contributed by atoms with Gasteiger partial charge in [-0.15, -0.1) is 9.24 Å². The number of benzene rings is 1. The molecule has 0 fully saturated rings. The molecule has 1 aliphatic heterocycles. The van der Waals surface area contributed by atoms with Crippen molar-refractivity contribution in [1.29, 1.82) is 0 Å². The van der Waals surface area contributed by atoms with Crippen molar-refractivity contribution in [2.24, 2.45) is 0 Å². The number of ketones is 1. The van der Waals surface area contributed by atoms with Crippen LogP contribution in [0.15, 0.2) is 24.3 Å². The van der Waals surface area contributed by atoms with Gasteiger partial charge in [-0.2, -0.15) is 0 Å². The number of pyridine rings is 1. The fourth-order valence-electron chi connectivity index (χ4n) is 2.71. The maximum atomic E-state index is 14.4. The van der Waals surface area contributed by atoms with Crippen LogP contribution in [0.5, 0.6) is 5.88 Å². The molecule has 2 heterocycles. The number of carbonyl (C=O) groups excluding carboxylic acids is 1. The van der Waals surface area contributed by atoms with Gasteiger partial charge in [0.25, 0.3) is 0 Å². The first kappa shape index (κ1) is 16.0. The van der Waals surface area contributed by atoms with E-state index in [-0.39, 0.29) is 30.0 Å². The van der Waals surface area contributed by atoms with Gasteiger partial charge in [0.15, 0.2) is 5.78 Å². The Morgan fingerprint density at radius 3 is 2.87 bits per heavy atom. The molecule has 0 saturated carbocycles. The van der Waals surface area contributed by atoms with Crippen molar-refractivity contribution >= 4 is 20.3 Å². The largest absolute Gasteiger partial charge is 0.472 e.